The largest absolute Gasteiger partial charge is 0.397 e. The van der Waals surface area contributed by atoms with E-state index in [-0.39, 0.29) is 11.8 Å². The third-order valence-corrected chi connectivity index (χ3v) is 5.62. The van der Waals surface area contributed by atoms with Crippen molar-refractivity contribution in [2.24, 2.45) is 0 Å². The monoisotopic (exact) mass is 401 g/mol. The molecule has 0 atom stereocenters. The van der Waals surface area contributed by atoms with Crippen molar-refractivity contribution >= 4 is 44.6 Å². The molecule has 0 unspecified atom stereocenters. The third kappa shape index (κ3) is 4.28. The van der Waals surface area contributed by atoms with Crippen LogP contribution < -0.4 is 16.4 Å². The minimum absolute atomic E-state index is 0.114. The van der Waals surface area contributed by atoms with E-state index >= 15 is 0 Å². The molecular weight excluding hydrogens is 382 g/mol. The lowest BCUT2D eigenvalue weighted by molar-refractivity contribution is 0.0950. The summed E-state index contributed by atoms with van der Waals surface area (Å²) >= 11 is 1.42. The molecule has 2 amide bonds. The van der Waals surface area contributed by atoms with Crippen LogP contribution in [0.15, 0.2) is 78.9 Å². The van der Waals surface area contributed by atoms with Crippen molar-refractivity contribution in [3.05, 3.63) is 94.9 Å². The predicted molar refractivity (Wildman–Crippen MR) is 118 cm³/mol. The Morgan fingerprint density at radius 1 is 0.862 bits per heavy atom. The number of carbonyl (C=O) groups is 2. The van der Waals surface area contributed by atoms with E-state index in [1.54, 1.807) is 24.3 Å². The molecule has 5 nitrogen and oxygen atoms in total. The van der Waals surface area contributed by atoms with E-state index in [0.717, 1.165) is 15.6 Å². The van der Waals surface area contributed by atoms with Gasteiger partial charge in [-0.2, -0.15) is 0 Å². The average molecular weight is 401 g/mol. The molecule has 0 aliphatic heterocycles. The number of carbonyl (C=O) groups excluding carboxylic acids is 2. The molecule has 0 saturated carbocycles. The van der Waals surface area contributed by atoms with Crippen LogP contribution in [0, 0.1) is 0 Å². The van der Waals surface area contributed by atoms with Gasteiger partial charge in [-0.15, -0.1) is 11.3 Å². The van der Waals surface area contributed by atoms with Crippen LogP contribution in [0.4, 0.5) is 11.4 Å². The maximum absolute atomic E-state index is 12.6. The van der Waals surface area contributed by atoms with Crippen LogP contribution in [0.3, 0.4) is 0 Å². The second-order valence-corrected chi connectivity index (χ2v) is 7.66. The van der Waals surface area contributed by atoms with E-state index in [0.29, 0.717) is 28.4 Å². The zero-order valence-electron chi connectivity index (χ0n) is 15.5. The molecule has 4 rings (SSSR count). The molecule has 0 radical (unpaired) electrons. The van der Waals surface area contributed by atoms with Crippen molar-refractivity contribution in [2.75, 3.05) is 11.1 Å². The molecule has 0 aliphatic rings. The first-order valence-corrected chi connectivity index (χ1v) is 9.93. The minimum atomic E-state index is -0.192. The molecule has 1 heterocycles. The first kappa shape index (κ1) is 18.7. The fraction of sp³-hybridized carbons (Fsp3) is 0.0435. The number of thiophene rings is 1. The van der Waals surface area contributed by atoms with Crippen LogP contribution >= 0.6 is 11.3 Å². The summed E-state index contributed by atoms with van der Waals surface area (Å²) in [7, 11) is 0. The number of amides is 2. The zero-order valence-corrected chi connectivity index (χ0v) is 16.3. The van der Waals surface area contributed by atoms with Gasteiger partial charge in [0.2, 0.25) is 0 Å². The molecule has 4 N–H and O–H groups in total. The van der Waals surface area contributed by atoms with Gasteiger partial charge >= 0.3 is 0 Å². The topological polar surface area (TPSA) is 84.2 Å². The molecule has 6 heteroatoms. The highest BCUT2D eigenvalue weighted by Gasteiger charge is 2.12. The number of nitrogens with two attached hydrogens (primary N) is 1. The van der Waals surface area contributed by atoms with Gasteiger partial charge in [-0.3, -0.25) is 9.59 Å². The summed E-state index contributed by atoms with van der Waals surface area (Å²) < 4.78 is 1.01. The third-order valence-electron chi connectivity index (χ3n) is 4.50. The normalized spacial score (nSPS) is 10.6. The molecule has 0 fully saturated rings. The van der Waals surface area contributed by atoms with Gasteiger partial charge in [0, 0.05) is 16.8 Å². The van der Waals surface area contributed by atoms with Crippen molar-refractivity contribution in [1.29, 1.82) is 0 Å². The molecule has 0 saturated heterocycles. The molecule has 4 aromatic rings. The standard InChI is InChI=1S/C23H19N3O2S/c24-18-8-4-5-9-19(18)26-23(28)21-13-17-12-15(10-11-20(17)29-21)14-25-22(27)16-6-2-1-3-7-16/h1-13H,14,24H2,(H,25,27)(H,26,28). The van der Waals surface area contributed by atoms with E-state index in [4.69, 9.17) is 5.73 Å². The number of para-hydroxylation sites is 2. The summed E-state index contributed by atoms with van der Waals surface area (Å²) in [4.78, 5) is 25.4. The van der Waals surface area contributed by atoms with E-state index in [1.165, 1.54) is 11.3 Å². The van der Waals surface area contributed by atoms with Crippen LogP contribution in [-0.2, 0) is 6.54 Å². The molecule has 1 aromatic heterocycles. The summed E-state index contributed by atoms with van der Waals surface area (Å²) in [6.45, 7) is 0.418. The lowest BCUT2D eigenvalue weighted by Gasteiger charge is -2.06. The number of anilines is 2. The van der Waals surface area contributed by atoms with E-state index in [2.05, 4.69) is 10.6 Å². The minimum Gasteiger partial charge on any atom is -0.397 e. The Morgan fingerprint density at radius 2 is 1.62 bits per heavy atom. The Balaban J connectivity index is 1.47. The van der Waals surface area contributed by atoms with Crippen LogP contribution in [-0.4, -0.2) is 11.8 Å². The summed E-state index contributed by atoms with van der Waals surface area (Å²) in [6.07, 6.45) is 0. The van der Waals surface area contributed by atoms with Crippen molar-refractivity contribution in [2.45, 2.75) is 6.54 Å². The van der Waals surface area contributed by atoms with Crippen molar-refractivity contribution < 1.29 is 9.59 Å². The summed E-state index contributed by atoms with van der Waals surface area (Å²) in [6, 6.07) is 24.1. The molecule has 29 heavy (non-hydrogen) atoms. The lowest BCUT2D eigenvalue weighted by Crippen LogP contribution is -2.22. The van der Waals surface area contributed by atoms with Crippen molar-refractivity contribution in [3.8, 4) is 0 Å². The van der Waals surface area contributed by atoms with Gasteiger partial charge in [0.25, 0.3) is 11.8 Å². The van der Waals surface area contributed by atoms with E-state index < -0.39 is 0 Å². The Labute approximate surface area is 172 Å². The van der Waals surface area contributed by atoms with Gasteiger partial charge in [0.1, 0.15) is 0 Å². The SMILES string of the molecule is Nc1ccccc1NC(=O)c1cc2cc(CNC(=O)c3ccccc3)ccc2s1. The predicted octanol–water partition coefficient (Wildman–Crippen LogP) is 4.67. The number of hydrogen-bond acceptors (Lipinski definition) is 4. The van der Waals surface area contributed by atoms with Gasteiger partial charge in [-0.25, -0.2) is 0 Å². The Bertz CT molecular complexity index is 1190. The summed E-state index contributed by atoms with van der Waals surface area (Å²) in [5.41, 5.74) is 8.62. The number of rotatable bonds is 5. The molecule has 144 valence electrons. The van der Waals surface area contributed by atoms with Gasteiger partial charge in [-0.05, 0) is 53.4 Å². The zero-order chi connectivity index (χ0) is 20.2. The maximum Gasteiger partial charge on any atom is 0.265 e. The van der Waals surface area contributed by atoms with Crippen LogP contribution in [0.2, 0.25) is 0 Å². The highest BCUT2D eigenvalue weighted by molar-refractivity contribution is 7.20. The molecule has 0 aliphatic carbocycles. The van der Waals surface area contributed by atoms with Crippen LogP contribution in [0.1, 0.15) is 25.6 Å². The average Bonchev–Trinajstić information content (AvgIpc) is 3.18. The Hall–Kier alpha value is -3.64. The molecule has 0 bridgehead atoms. The Morgan fingerprint density at radius 3 is 2.41 bits per heavy atom. The second-order valence-electron chi connectivity index (χ2n) is 6.57. The number of nitrogens with one attached hydrogen (secondary N) is 2. The molecule has 3 aromatic carbocycles. The quantitative estimate of drug-likeness (QED) is 0.425. The van der Waals surface area contributed by atoms with Crippen LogP contribution in [0.5, 0.6) is 0 Å². The van der Waals surface area contributed by atoms with E-state index in [9.17, 15) is 9.59 Å². The van der Waals surface area contributed by atoms with Gasteiger partial charge < -0.3 is 16.4 Å². The van der Waals surface area contributed by atoms with Crippen molar-refractivity contribution in [3.63, 3.8) is 0 Å². The van der Waals surface area contributed by atoms with Gasteiger partial charge in [0.15, 0.2) is 0 Å². The Kier molecular flexibility index (Phi) is 5.27. The number of hydrogen-bond donors (Lipinski definition) is 3. The van der Waals surface area contributed by atoms with E-state index in [1.807, 2.05) is 54.6 Å². The molecular formula is C23H19N3O2S. The van der Waals surface area contributed by atoms with Gasteiger partial charge in [0.05, 0.1) is 16.3 Å². The first-order valence-electron chi connectivity index (χ1n) is 9.12. The number of nitrogen functional groups attached to an aromatic ring is 1. The number of fused-ring (bicyclic) bond motifs is 1. The molecule has 0 spiro atoms. The highest BCUT2D eigenvalue weighted by Crippen LogP contribution is 2.28. The number of benzene rings is 3. The summed E-state index contributed by atoms with van der Waals surface area (Å²) in [5, 5.41) is 6.73. The van der Waals surface area contributed by atoms with Crippen LogP contribution in [0.25, 0.3) is 10.1 Å². The van der Waals surface area contributed by atoms with Gasteiger partial charge in [-0.1, -0.05) is 36.4 Å². The maximum atomic E-state index is 12.6. The highest BCUT2D eigenvalue weighted by atomic mass is 32.1. The van der Waals surface area contributed by atoms with Crippen molar-refractivity contribution in [1.82, 2.24) is 5.32 Å². The fourth-order valence-electron chi connectivity index (χ4n) is 2.98. The summed E-state index contributed by atoms with van der Waals surface area (Å²) in [5.74, 6) is -0.306. The second kappa shape index (κ2) is 8.16. The smallest absolute Gasteiger partial charge is 0.265 e. The lowest BCUT2D eigenvalue weighted by atomic mass is 10.1. The first-order chi connectivity index (χ1) is 14.1. The fourth-order valence-corrected chi connectivity index (χ4v) is 3.92.